The maximum atomic E-state index is 6.73. The van der Waals surface area contributed by atoms with Crippen LogP contribution in [0.2, 0.25) is 0 Å². The van der Waals surface area contributed by atoms with Gasteiger partial charge in [0.15, 0.2) is 0 Å². The highest BCUT2D eigenvalue weighted by Crippen LogP contribution is 2.65. The Hall–Kier alpha value is -6.18. The minimum Gasteiger partial charge on any atom is -0.457 e. The Labute approximate surface area is 292 Å². The highest BCUT2D eigenvalue weighted by molar-refractivity contribution is 6.04. The molecule has 0 N–H and O–H groups in total. The molecule has 1 atom stereocenters. The smallest absolute Gasteiger partial charge is 0.132 e. The molecule has 1 unspecified atom stereocenters. The van der Waals surface area contributed by atoms with E-state index in [4.69, 9.17) is 4.74 Å². The van der Waals surface area contributed by atoms with Gasteiger partial charge < -0.3 is 4.74 Å². The summed E-state index contributed by atoms with van der Waals surface area (Å²) in [6.07, 6.45) is 0. The van der Waals surface area contributed by atoms with Crippen molar-refractivity contribution < 1.29 is 4.74 Å². The molecular weight excluding hydrogens is 605 g/mol. The van der Waals surface area contributed by atoms with Crippen molar-refractivity contribution in [3.8, 4) is 44.9 Å². The third-order valence-electron chi connectivity index (χ3n) is 11.8. The van der Waals surface area contributed by atoms with Gasteiger partial charge in [-0.15, -0.1) is 0 Å². The van der Waals surface area contributed by atoms with Crippen LogP contribution in [0.25, 0.3) is 44.2 Å². The van der Waals surface area contributed by atoms with Crippen molar-refractivity contribution in [3.63, 3.8) is 0 Å². The van der Waals surface area contributed by atoms with Crippen LogP contribution in [-0.2, 0) is 10.8 Å². The van der Waals surface area contributed by atoms with Crippen LogP contribution in [0.4, 0.5) is 0 Å². The number of hydrogen-bond acceptors (Lipinski definition) is 1. The number of benzene rings is 8. The second-order valence-corrected chi connectivity index (χ2v) is 14.1. The number of hydrogen-bond donors (Lipinski definition) is 0. The van der Waals surface area contributed by atoms with Crippen LogP contribution in [-0.4, -0.2) is 0 Å². The van der Waals surface area contributed by atoms with Gasteiger partial charge in [-0.1, -0.05) is 158 Å². The zero-order valence-electron chi connectivity index (χ0n) is 27.7. The summed E-state index contributed by atoms with van der Waals surface area (Å²) in [5, 5.41) is 2.58. The minimum absolute atomic E-state index is 0.426. The van der Waals surface area contributed by atoms with E-state index in [0.29, 0.717) is 0 Å². The van der Waals surface area contributed by atoms with Crippen molar-refractivity contribution >= 4 is 10.8 Å². The van der Waals surface area contributed by atoms with E-state index in [2.05, 4.69) is 183 Å². The number of rotatable bonds is 2. The first-order valence-corrected chi connectivity index (χ1v) is 17.5. The summed E-state index contributed by atoms with van der Waals surface area (Å²) < 4.78 is 6.73. The van der Waals surface area contributed by atoms with E-state index in [9.17, 15) is 0 Å². The summed E-state index contributed by atoms with van der Waals surface area (Å²) in [6.45, 7) is 2.37. The molecule has 1 nitrogen and oxygen atoms in total. The third-order valence-corrected chi connectivity index (χ3v) is 11.8. The van der Waals surface area contributed by atoms with Gasteiger partial charge in [-0.25, -0.2) is 0 Å². The first-order valence-electron chi connectivity index (χ1n) is 17.5. The Morgan fingerprint density at radius 2 is 1.00 bits per heavy atom. The van der Waals surface area contributed by atoms with Crippen molar-refractivity contribution in [2.45, 2.75) is 17.8 Å². The normalized spacial score (nSPS) is 16.9. The van der Waals surface area contributed by atoms with Crippen molar-refractivity contribution in [2.24, 2.45) is 0 Å². The van der Waals surface area contributed by atoms with E-state index in [-0.39, 0.29) is 0 Å². The van der Waals surface area contributed by atoms with Crippen LogP contribution in [0.5, 0.6) is 11.5 Å². The summed E-state index contributed by atoms with van der Waals surface area (Å²) in [5.41, 5.74) is 15.9. The summed E-state index contributed by atoms with van der Waals surface area (Å²) >= 11 is 0. The van der Waals surface area contributed by atoms with E-state index >= 15 is 0 Å². The lowest BCUT2D eigenvalue weighted by Crippen LogP contribution is -2.30. The summed E-state index contributed by atoms with van der Waals surface area (Å²) in [7, 11) is 0. The standard InChI is InChI=1S/C49H32O/c1-48(33-15-3-2-4-16-33)42-23-11-12-24-44(42)50-45-25-13-20-35(47(45)48)32-27-28-38-39-29-26-31-14-5-6-17-34(31)46(39)49(43(38)30-32)40-21-9-7-18-36(40)37-19-8-10-22-41(37)49/h2-30H,1H3. The first-order chi connectivity index (χ1) is 24.7. The Morgan fingerprint density at radius 3 is 1.80 bits per heavy atom. The van der Waals surface area contributed by atoms with Gasteiger partial charge in [0.1, 0.15) is 11.5 Å². The summed E-state index contributed by atoms with van der Waals surface area (Å²) in [5.74, 6) is 1.83. The van der Waals surface area contributed by atoms with E-state index in [1.165, 1.54) is 83.1 Å². The van der Waals surface area contributed by atoms with E-state index in [1.54, 1.807) is 0 Å². The predicted octanol–water partition coefficient (Wildman–Crippen LogP) is 12.3. The molecule has 50 heavy (non-hydrogen) atoms. The molecule has 0 amide bonds. The Balaban J connectivity index is 1.24. The molecule has 0 saturated heterocycles. The van der Waals surface area contributed by atoms with Crippen LogP contribution in [0.15, 0.2) is 176 Å². The van der Waals surface area contributed by atoms with E-state index in [0.717, 1.165) is 11.5 Å². The van der Waals surface area contributed by atoms with Crippen LogP contribution in [0, 0.1) is 0 Å². The van der Waals surface area contributed by atoms with Gasteiger partial charge >= 0.3 is 0 Å². The zero-order chi connectivity index (χ0) is 33.0. The van der Waals surface area contributed by atoms with Gasteiger partial charge in [-0.3, -0.25) is 0 Å². The van der Waals surface area contributed by atoms with Gasteiger partial charge in [0, 0.05) is 11.1 Å². The molecule has 0 fully saturated rings. The van der Waals surface area contributed by atoms with Gasteiger partial charge in [-0.2, -0.15) is 0 Å². The van der Waals surface area contributed by atoms with Crippen molar-refractivity contribution in [1.29, 1.82) is 0 Å². The first kappa shape index (κ1) is 27.7. The van der Waals surface area contributed by atoms with Gasteiger partial charge in [0.05, 0.1) is 10.8 Å². The molecule has 1 aliphatic heterocycles. The van der Waals surface area contributed by atoms with Crippen LogP contribution < -0.4 is 4.74 Å². The Kier molecular flexibility index (Phi) is 5.51. The average molecular weight is 637 g/mol. The summed E-state index contributed by atoms with van der Waals surface area (Å²) in [6, 6.07) is 65.0. The molecule has 234 valence electrons. The van der Waals surface area contributed by atoms with Gasteiger partial charge in [0.25, 0.3) is 0 Å². The number of fused-ring (bicyclic) bond motifs is 14. The lowest BCUT2D eigenvalue weighted by Gasteiger charge is -2.39. The van der Waals surface area contributed by atoms with Crippen molar-refractivity contribution in [3.05, 3.63) is 215 Å². The fourth-order valence-corrected chi connectivity index (χ4v) is 9.75. The van der Waals surface area contributed by atoms with Gasteiger partial charge in [0.2, 0.25) is 0 Å². The lowest BCUT2D eigenvalue weighted by atomic mass is 9.66. The van der Waals surface area contributed by atoms with Crippen LogP contribution >= 0.6 is 0 Å². The molecule has 8 aromatic carbocycles. The third kappa shape index (κ3) is 3.37. The molecule has 11 rings (SSSR count). The molecule has 0 aromatic heterocycles. The maximum Gasteiger partial charge on any atom is 0.132 e. The maximum absolute atomic E-state index is 6.73. The van der Waals surface area contributed by atoms with E-state index in [1.807, 2.05) is 0 Å². The molecular formula is C49H32O. The second kappa shape index (κ2) is 9.94. The highest BCUT2D eigenvalue weighted by Gasteiger charge is 2.52. The van der Waals surface area contributed by atoms with Crippen molar-refractivity contribution in [1.82, 2.24) is 0 Å². The molecule has 8 aromatic rings. The molecule has 0 saturated carbocycles. The fourth-order valence-electron chi connectivity index (χ4n) is 9.75. The zero-order valence-corrected chi connectivity index (χ0v) is 27.7. The molecule has 2 aliphatic carbocycles. The molecule has 1 heteroatoms. The Bertz CT molecular complexity index is 2660. The number of ether oxygens (including phenoxy) is 1. The fraction of sp³-hybridized carbons (Fsp3) is 0.0612. The molecule has 1 spiro atoms. The van der Waals surface area contributed by atoms with Crippen LogP contribution in [0.1, 0.15) is 45.9 Å². The highest BCUT2D eigenvalue weighted by atomic mass is 16.5. The molecule has 3 aliphatic rings. The molecule has 0 bridgehead atoms. The Morgan fingerprint density at radius 1 is 0.400 bits per heavy atom. The molecule has 0 radical (unpaired) electrons. The SMILES string of the molecule is CC1(c2ccccc2)c2ccccc2Oc2cccc(-c3ccc4c(c3)C3(c5ccccc5-c5ccccc53)c3c-4ccc4ccccc34)c21. The summed E-state index contributed by atoms with van der Waals surface area (Å²) in [4.78, 5) is 0. The molecule has 1 heterocycles. The second-order valence-electron chi connectivity index (χ2n) is 14.1. The monoisotopic (exact) mass is 636 g/mol. The van der Waals surface area contributed by atoms with E-state index < -0.39 is 10.8 Å². The topological polar surface area (TPSA) is 9.23 Å². The predicted molar refractivity (Wildman–Crippen MR) is 204 cm³/mol. The van der Waals surface area contributed by atoms with Crippen molar-refractivity contribution in [2.75, 3.05) is 0 Å². The minimum atomic E-state index is -0.449. The number of para-hydroxylation sites is 1. The largest absolute Gasteiger partial charge is 0.457 e. The lowest BCUT2D eigenvalue weighted by molar-refractivity contribution is 0.428. The van der Waals surface area contributed by atoms with Gasteiger partial charge in [-0.05, 0) is 97.1 Å². The average Bonchev–Trinajstić information content (AvgIpc) is 3.65. The quantitative estimate of drug-likeness (QED) is 0.183. The van der Waals surface area contributed by atoms with Crippen LogP contribution in [0.3, 0.4) is 0 Å².